The summed E-state index contributed by atoms with van der Waals surface area (Å²) in [5.74, 6) is 2.43. The molecule has 0 unspecified atom stereocenters. The summed E-state index contributed by atoms with van der Waals surface area (Å²) in [5, 5.41) is 0. The quantitative estimate of drug-likeness (QED) is 0.475. The second kappa shape index (κ2) is 8.39. The Bertz CT molecular complexity index is 151. The van der Waals surface area contributed by atoms with Crippen molar-refractivity contribution in [3.8, 4) is 0 Å². The van der Waals surface area contributed by atoms with Crippen LogP contribution in [0.1, 0.15) is 38.5 Å². The van der Waals surface area contributed by atoms with E-state index in [0.717, 1.165) is 0 Å². The third-order valence-electron chi connectivity index (χ3n) is 2.51. The molecule has 0 aliphatic carbocycles. The Hall–Kier alpha value is 1.28. The minimum absolute atomic E-state index is 0.783. The fourth-order valence-electron chi connectivity index (χ4n) is 1.60. The first-order valence-electron chi connectivity index (χ1n) is 6.02. The zero-order valence-corrected chi connectivity index (χ0v) is 14.4. The second-order valence-electron chi connectivity index (χ2n) is 5.34. The summed E-state index contributed by atoms with van der Waals surface area (Å²) in [6.45, 7) is 0. The molecule has 0 aliphatic heterocycles. The van der Waals surface area contributed by atoms with Gasteiger partial charge >= 0.3 is 0 Å². The summed E-state index contributed by atoms with van der Waals surface area (Å²) in [6.07, 6.45) is 16.8. The van der Waals surface area contributed by atoms with E-state index in [1.807, 2.05) is 0 Å². The molecule has 0 amide bonds. The SMILES string of the molecule is CS(C)(Cl)CCCCCCCCS(C)(C)Cl. The number of unbranched alkanes of at least 4 members (excludes halogenated alkanes) is 5. The van der Waals surface area contributed by atoms with Crippen LogP contribution in [0.3, 0.4) is 0 Å². The zero-order chi connectivity index (χ0) is 12.7. The van der Waals surface area contributed by atoms with Gasteiger partial charge in [0.15, 0.2) is 0 Å². The van der Waals surface area contributed by atoms with Gasteiger partial charge in [0.2, 0.25) is 0 Å². The van der Waals surface area contributed by atoms with E-state index in [2.05, 4.69) is 25.0 Å². The van der Waals surface area contributed by atoms with Gasteiger partial charge in [-0.15, -0.1) is 0 Å². The van der Waals surface area contributed by atoms with Crippen LogP contribution in [0.2, 0.25) is 0 Å². The Morgan fingerprint density at radius 3 is 1.06 bits per heavy atom. The van der Waals surface area contributed by atoms with Crippen LogP contribution in [0.15, 0.2) is 0 Å². The van der Waals surface area contributed by atoms with Gasteiger partial charge < -0.3 is 0 Å². The molecule has 0 nitrogen and oxygen atoms in total. The Kier molecular flexibility index (Phi) is 9.07. The van der Waals surface area contributed by atoms with E-state index in [1.165, 1.54) is 50.0 Å². The van der Waals surface area contributed by atoms with Gasteiger partial charge in [0.1, 0.15) is 0 Å². The van der Waals surface area contributed by atoms with Crippen molar-refractivity contribution in [2.75, 3.05) is 36.5 Å². The molecule has 0 radical (unpaired) electrons. The molecule has 0 saturated carbocycles. The predicted octanol–water partition coefficient (Wildman–Crippen LogP) is 5.76. The number of hydrogen-bond acceptors (Lipinski definition) is 0. The summed E-state index contributed by atoms with van der Waals surface area (Å²) in [7, 11) is 10.9. The highest BCUT2D eigenvalue weighted by Gasteiger charge is 2.06. The molecule has 0 N–H and O–H groups in total. The van der Waals surface area contributed by atoms with Crippen molar-refractivity contribution < 1.29 is 0 Å². The fourth-order valence-corrected chi connectivity index (χ4v) is 4.03. The molecule has 0 bridgehead atoms. The molecular formula is C12H28Cl2S2. The van der Waals surface area contributed by atoms with Gasteiger partial charge in [-0.3, -0.25) is 0 Å². The lowest BCUT2D eigenvalue weighted by atomic mass is 10.1. The van der Waals surface area contributed by atoms with Gasteiger partial charge in [-0.05, 0) is 49.4 Å². The molecular weight excluding hydrogens is 279 g/mol. The first-order chi connectivity index (χ1) is 7.21. The van der Waals surface area contributed by atoms with Crippen molar-refractivity contribution in [2.45, 2.75) is 38.5 Å². The molecule has 0 spiro atoms. The van der Waals surface area contributed by atoms with Gasteiger partial charge in [0, 0.05) is 0 Å². The number of rotatable bonds is 9. The summed E-state index contributed by atoms with van der Waals surface area (Å²) in [6, 6.07) is 0. The molecule has 102 valence electrons. The van der Waals surface area contributed by atoms with Crippen molar-refractivity contribution in [3.63, 3.8) is 0 Å². The van der Waals surface area contributed by atoms with Crippen molar-refractivity contribution in [1.29, 1.82) is 0 Å². The van der Waals surface area contributed by atoms with Crippen molar-refractivity contribution >= 4 is 39.8 Å². The average Bonchev–Trinajstić information content (AvgIpc) is 2.06. The Morgan fingerprint density at radius 1 is 0.562 bits per heavy atom. The van der Waals surface area contributed by atoms with E-state index in [9.17, 15) is 0 Å². The van der Waals surface area contributed by atoms with Crippen molar-refractivity contribution in [1.82, 2.24) is 0 Å². The van der Waals surface area contributed by atoms with E-state index in [1.54, 1.807) is 0 Å². The maximum absolute atomic E-state index is 6.22. The van der Waals surface area contributed by atoms with Gasteiger partial charge in [-0.2, -0.15) is 18.5 Å². The van der Waals surface area contributed by atoms with Crippen LogP contribution in [0, 0.1) is 0 Å². The summed E-state index contributed by atoms with van der Waals surface area (Å²) in [4.78, 5) is 0. The zero-order valence-electron chi connectivity index (χ0n) is 11.2. The summed E-state index contributed by atoms with van der Waals surface area (Å²) >= 11 is 0. The van der Waals surface area contributed by atoms with Crippen molar-refractivity contribution in [3.05, 3.63) is 0 Å². The van der Waals surface area contributed by atoms with E-state index in [4.69, 9.17) is 21.4 Å². The molecule has 0 fully saturated rings. The summed E-state index contributed by atoms with van der Waals surface area (Å²) in [5.41, 5.74) is 0. The van der Waals surface area contributed by atoms with Crippen molar-refractivity contribution in [2.24, 2.45) is 0 Å². The molecule has 0 aromatic carbocycles. The maximum Gasteiger partial charge on any atom is -0.0106 e. The lowest BCUT2D eigenvalue weighted by Crippen LogP contribution is -1.95. The van der Waals surface area contributed by atoms with Gasteiger partial charge in [0.25, 0.3) is 0 Å². The highest BCUT2D eigenvalue weighted by Crippen LogP contribution is 2.46. The van der Waals surface area contributed by atoms with E-state index in [0.29, 0.717) is 0 Å². The van der Waals surface area contributed by atoms with Crippen LogP contribution in [0.5, 0.6) is 0 Å². The standard InChI is InChI=1S/C12H28Cl2S2/c1-15(2,13)11-9-7-5-6-8-10-12-16(3,4)14/h5-12H2,1-4H3. The lowest BCUT2D eigenvalue weighted by molar-refractivity contribution is 0.628. The Labute approximate surface area is 114 Å². The molecule has 0 rings (SSSR count). The van der Waals surface area contributed by atoms with E-state index < -0.39 is 18.5 Å². The molecule has 0 heterocycles. The van der Waals surface area contributed by atoms with Gasteiger partial charge in [-0.25, -0.2) is 0 Å². The topological polar surface area (TPSA) is 0 Å². The predicted molar refractivity (Wildman–Crippen MR) is 88.0 cm³/mol. The molecule has 0 aliphatic rings. The van der Waals surface area contributed by atoms with Crippen LogP contribution >= 0.6 is 39.8 Å². The second-order valence-corrected chi connectivity index (χ2v) is 16.8. The molecule has 4 heteroatoms. The monoisotopic (exact) mass is 306 g/mol. The number of halogens is 2. The molecule has 0 aromatic rings. The highest BCUT2D eigenvalue weighted by atomic mass is 35.7. The lowest BCUT2D eigenvalue weighted by Gasteiger charge is -2.21. The van der Waals surface area contributed by atoms with Gasteiger partial charge in [-0.1, -0.05) is 47.0 Å². The normalized spacial score (nSPS) is 15.1. The molecule has 0 aromatic heterocycles. The van der Waals surface area contributed by atoms with Crippen LogP contribution < -0.4 is 0 Å². The fraction of sp³-hybridized carbons (Fsp3) is 1.00. The third-order valence-corrected chi connectivity index (χ3v) is 5.95. The first kappa shape index (κ1) is 17.3. The number of hydrogen-bond donors (Lipinski definition) is 0. The minimum atomic E-state index is -0.783. The average molecular weight is 307 g/mol. The third kappa shape index (κ3) is 15.3. The smallest absolute Gasteiger partial charge is 0.0106 e. The largest absolute Gasteiger partial charge is 0.169 e. The summed E-state index contributed by atoms with van der Waals surface area (Å²) < 4.78 is 0. The first-order valence-corrected chi connectivity index (χ1v) is 12.9. The van der Waals surface area contributed by atoms with E-state index >= 15 is 0 Å². The van der Waals surface area contributed by atoms with E-state index in [-0.39, 0.29) is 0 Å². The molecule has 0 saturated heterocycles. The maximum atomic E-state index is 6.22. The Morgan fingerprint density at radius 2 is 0.812 bits per heavy atom. The van der Waals surface area contributed by atoms with Crippen LogP contribution in [0.4, 0.5) is 0 Å². The molecule has 0 atom stereocenters. The Balaban J connectivity index is 3.17. The van der Waals surface area contributed by atoms with Crippen LogP contribution in [0.25, 0.3) is 0 Å². The van der Waals surface area contributed by atoms with Crippen LogP contribution in [-0.4, -0.2) is 36.5 Å². The van der Waals surface area contributed by atoms with Gasteiger partial charge in [0.05, 0.1) is 0 Å². The minimum Gasteiger partial charge on any atom is -0.169 e. The highest BCUT2D eigenvalue weighted by molar-refractivity contribution is 8.50. The molecule has 16 heavy (non-hydrogen) atoms. The van der Waals surface area contributed by atoms with Crippen LogP contribution in [-0.2, 0) is 0 Å².